The molecule has 0 saturated heterocycles. The topological polar surface area (TPSA) is 97.7 Å². The van der Waals surface area contributed by atoms with Crippen LogP contribution >= 0.6 is 11.6 Å². The highest BCUT2D eigenvalue weighted by molar-refractivity contribution is 6.38. The molecule has 0 unspecified atom stereocenters. The molecule has 0 bridgehead atoms. The van der Waals surface area contributed by atoms with Gasteiger partial charge in [0.05, 0.1) is 35.1 Å². The van der Waals surface area contributed by atoms with Crippen LogP contribution in [0.3, 0.4) is 0 Å². The minimum atomic E-state index is -0.107. The fourth-order valence-corrected chi connectivity index (χ4v) is 3.71. The van der Waals surface area contributed by atoms with Crippen LogP contribution in [0.4, 0.5) is 11.6 Å². The second kappa shape index (κ2) is 8.27. The van der Waals surface area contributed by atoms with Crippen LogP contribution in [0, 0.1) is 5.41 Å². The summed E-state index contributed by atoms with van der Waals surface area (Å²) >= 11 is 6.51. The molecule has 8 nitrogen and oxygen atoms in total. The SMILES string of the molecule is COc1cc(-c2nc(Nc3ccc4[nH]ncc4c3Cl)n(C)n2)ccc1C(=O)CC(C)(C)C. The molecule has 0 radical (unpaired) electrons. The molecule has 0 fully saturated rings. The number of anilines is 2. The Morgan fingerprint density at radius 1 is 1.25 bits per heavy atom. The summed E-state index contributed by atoms with van der Waals surface area (Å²) in [7, 11) is 3.35. The van der Waals surface area contributed by atoms with Gasteiger partial charge in [-0.1, -0.05) is 38.4 Å². The average Bonchev–Trinajstić information content (AvgIpc) is 3.35. The summed E-state index contributed by atoms with van der Waals surface area (Å²) in [6, 6.07) is 9.15. The quantitative estimate of drug-likeness (QED) is 0.381. The number of methoxy groups -OCH3 is 1. The maximum Gasteiger partial charge on any atom is 0.225 e. The molecule has 2 heterocycles. The summed E-state index contributed by atoms with van der Waals surface area (Å²) in [5.74, 6) is 1.58. The number of ether oxygens (including phenoxy) is 1. The van der Waals surface area contributed by atoms with E-state index in [1.807, 2.05) is 39.0 Å². The number of nitrogens with zero attached hydrogens (tertiary/aromatic N) is 4. The van der Waals surface area contributed by atoms with Crippen molar-refractivity contribution in [3.63, 3.8) is 0 Å². The number of halogens is 1. The summed E-state index contributed by atoms with van der Waals surface area (Å²) in [5.41, 5.74) is 2.75. The van der Waals surface area contributed by atoms with Gasteiger partial charge in [-0.05, 0) is 29.7 Å². The van der Waals surface area contributed by atoms with Gasteiger partial charge in [0.1, 0.15) is 5.75 Å². The van der Waals surface area contributed by atoms with Gasteiger partial charge in [0.25, 0.3) is 0 Å². The van der Waals surface area contributed by atoms with E-state index in [2.05, 4.69) is 25.6 Å². The molecule has 166 valence electrons. The molecule has 0 aliphatic rings. The number of fused-ring (bicyclic) bond motifs is 1. The predicted molar refractivity (Wildman–Crippen MR) is 126 cm³/mol. The van der Waals surface area contributed by atoms with Crippen molar-refractivity contribution in [3.05, 3.63) is 47.1 Å². The van der Waals surface area contributed by atoms with E-state index in [4.69, 9.17) is 16.3 Å². The van der Waals surface area contributed by atoms with Gasteiger partial charge in [0, 0.05) is 24.4 Å². The molecule has 0 amide bonds. The molecule has 0 atom stereocenters. The van der Waals surface area contributed by atoms with Crippen LogP contribution in [0.5, 0.6) is 5.75 Å². The number of nitrogens with one attached hydrogen (secondary N) is 2. The third-order valence-corrected chi connectivity index (χ3v) is 5.43. The first kappa shape index (κ1) is 21.8. The Morgan fingerprint density at radius 3 is 2.75 bits per heavy atom. The van der Waals surface area contributed by atoms with E-state index in [0.29, 0.717) is 40.2 Å². The molecule has 0 aliphatic carbocycles. The number of hydrogen-bond donors (Lipinski definition) is 2. The molecule has 4 aromatic rings. The molecule has 2 N–H and O–H groups in total. The van der Waals surface area contributed by atoms with E-state index in [0.717, 1.165) is 16.5 Å². The lowest BCUT2D eigenvalue weighted by Gasteiger charge is -2.18. The Morgan fingerprint density at radius 2 is 2.03 bits per heavy atom. The minimum Gasteiger partial charge on any atom is -0.496 e. The second-order valence-electron chi connectivity index (χ2n) is 8.84. The van der Waals surface area contributed by atoms with Crippen LogP contribution < -0.4 is 10.1 Å². The molecule has 0 spiro atoms. The largest absolute Gasteiger partial charge is 0.496 e. The zero-order chi connectivity index (χ0) is 23.0. The number of carbonyl (C=O) groups excluding carboxylic acids is 1. The Bertz CT molecular complexity index is 1300. The van der Waals surface area contributed by atoms with Gasteiger partial charge < -0.3 is 10.1 Å². The number of hydrogen-bond acceptors (Lipinski definition) is 6. The van der Waals surface area contributed by atoms with Gasteiger partial charge in [-0.15, -0.1) is 5.10 Å². The lowest BCUT2D eigenvalue weighted by Crippen LogP contribution is -2.13. The highest BCUT2D eigenvalue weighted by Crippen LogP contribution is 2.33. The zero-order valence-electron chi connectivity index (χ0n) is 18.7. The molecule has 2 aromatic heterocycles. The smallest absolute Gasteiger partial charge is 0.225 e. The molecule has 0 aliphatic heterocycles. The standard InChI is InChI=1S/C23H25ClN6O2/c1-23(2,3)11-18(31)14-7-6-13(10-19(14)32-5)21-27-22(30(4)29-21)26-17-9-8-16-15(20(17)24)12-25-28-16/h6-10,12H,11H2,1-5H3,(H,25,28)(H,26,27,29). The molecule has 0 saturated carbocycles. The summed E-state index contributed by atoms with van der Waals surface area (Å²) in [6.45, 7) is 6.11. The van der Waals surface area contributed by atoms with Crippen molar-refractivity contribution >= 4 is 39.9 Å². The van der Waals surface area contributed by atoms with Crippen molar-refractivity contribution in [2.45, 2.75) is 27.2 Å². The van der Waals surface area contributed by atoms with Crippen molar-refractivity contribution < 1.29 is 9.53 Å². The van der Waals surface area contributed by atoms with Crippen molar-refractivity contribution in [1.82, 2.24) is 25.0 Å². The van der Waals surface area contributed by atoms with E-state index >= 15 is 0 Å². The Hall–Kier alpha value is -3.39. The highest BCUT2D eigenvalue weighted by Gasteiger charge is 2.21. The maximum absolute atomic E-state index is 12.7. The number of Topliss-reactive ketones (excluding diaryl/α,β-unsaturated/α-hetero) is 1. The molecule has 2 aromatic carbocycles. The Labute approximate surface area is 190 Å². The number of benzene rings is 2. The van der Waals surface area contributed by atoms with E-state index in [9.17, 15) is 4.79 Å². The molecular weight excluding hydrogens is 428 g/mol. The predicted octanol–water partition coefficient (Wildman–Crippen LogP) is 5.38. The van der Waals surface area contributed by atoms with E-state index < -0.39 is 0 Å². The first-order chi connectivity index (χ1) is 15.2. The third kappa shape index (κ3) is 4.31. The van der Waals surface area contributed by atoms with E-state index in [-0.39, 0.29) is 11.2 Å². The summed E-state index contributed by atoms with van der Waals surface area (Å²) in [4.78, 5) is 17.3. The number of H-pyrrole nitrogens is 1. The summed E-state index contributed by atoms with van der Waals surface area (Å²) < 4.78 is 7.13. The number of rotatable bonds is 6. The zero-order valence-corrected chi connectivity index (χ0v) is 19.4. The van der Waals surface area contributed by atoms with Gasteiger partial charge in [-0.3, -0.25) is 9.89 Å². The van der Waals surface area contributed by atoms with E-state index in [1.165, 1.54) is 0 Å². The van der Waals surface area contributed by atoms with Crippen LogP contribution in [-0.2, 0) is 7.05 Å². The van der Waals surface area contributed by atoms with Gasteiger partial charge in [-0.2, -0.15) is 10.1 Å². The van der Waals surface area contributed by atoms with Crippen LogP contribution in [0.15, 0.2) is 36.5 Å². The molecule has 4 rings (SSSR count). The van der Waals surface area contributed by atoms with Crippen LogP contribution in [0.25, 0.3) is 22.3 Å². The third-order valence-electron chi connectivity index (χ3n) is 5.02. The van der Waals surface area contributed by atoms with Gasteiger partial charge in [0.15, 0.2) is 11.6 Å². The fraction of sp³-hybridized carbons (Fsp3) is 0.304. The van der Waals surface area contributed by atoms with E-state index in [1.54, 1.807) is 37.2 Å². The van der Waals surface area contributed by atoms with Crippen LogP contribution in [0.2, 0.25) is 5.02 Å². The number of aromatic nitrogens is 5. The van der Waals surface area contributed by atoms with Gasteiger partial charge >= 0.3 is 0 Å². The summed E-state index contributed by atoms with van der Waals surface area (Å²) in [6.07, 6.45) is 2.11. The minimum absolute atomic E-state index is 0.0431. The van der Waals surface area contributed by atoms with Crippen molar-refractivity contribution in [3.8, 4) is 17.1 Å². The first-order valence-electron chi connectivity index (χ1n) is 10.2. The maximum atomic E-state index is 12.7. The highest BCUT2D eigenvalue weighted by atomic mass is 35.5. The van der Waals surface area contributed by atoms with Crippen LogP contribution in [0.1, 0.15) is 37.6 Å². The average molecular weight is 453 g/mol. The number of aromatic amines is 1. The second-order valence-corrected chi connectivity index (χ2v) is 9.22. The summed E-state index contributed by atoms with van der Waals surface area (Å²) in [5, 5.41) is 16.0. The lowest BCUT2D eigenvalue weighted by molar-refractivity contribution is 0.0937. The van der Waals surface area contributed by atoms with Gasteiger partial charge in [-0.25, -0.2) is 4.68 Å². The molecular formula is C23H25ClN6O2. The Kier molecular flexibility index (Phi) is 5.64. The van der Waals surface area contributed by atoms with Crippen molar-refractivity contribution in [2.24, 2.45) is 12.5 Å². The number of aryl methyl sites for hydroxylation is 1. The lowest BCUT2D eigenvalue weighted by atomic mass is 9.87. The molecule has 32 heavy (non-hydrogen) atoms. The van der Waals surface area contributed by atoms with Crippen molar-refractivity contribution in [1.29, 1.82) is 0 Å². The molecule has 9 heteroatoms. The van der Waals surface area contributed by atoms with Gasteiger partial charge in [0.2, 0.25) is 5.95 Å². The number of ketones is 1. The number of carbonyl (C=O) groups is 1. The first-order valence-corrected chi connectivity index (χ1v) is 10.6. The van der Waals surface area contributed by atoms with Crippen molar-refractivity contribution in [2.75, 3.05) is 12.4 Å². The normalized spacial score (nSPS) is 11.7. The fourth-order valence-electron chi connectivity index (χ4n) is 3.45. The monoisotopic (exact) mass is 452 g/mol. The Balaban J connectivity index is 1.63. The van der Waals surface area contributed by atoms with Crippen LogP contribution in [-0.4, -0.2) is 37.9 Å².